The normalized spacial score (nSPS) is 16.8. The van der Waals surface area contributed by atoms with Crippen LogP contribution in [0.4, 0.5) is 21.0 Å². The Labute approximate surface area is 414 Å². The summed E-state index contributed by atoms with van der Waals surface area (Å²) in [5, 5.41) is 13.5. The van der Waals surface area contributed by atoms with Gasteiger partial charge in [0, 0.05) is 35.2 Å². The molecular formula is C56H63N7O8. The molecule has 2 aliphatic heterocycles. The standard InChI is InChI=1S/C56H63N7O8/c1-4-5-6-7-17-26-44(37-20-11-8-12-21-37)63-47-35-40(57-51(64)45-27-18-33-61(45)53(66)49(59-55(68)70-2)38-22-13-9-14-23-38)29-31-42(47)43-32-30-41(36-48(43)63)58-52(65)46-28-19-34-62(46)54(67)50(60-56(69)71-3)39-24-15-10-16-25-39/h8-16,20-25,29-32,35-36,44-46,49-50H,4-7,17-19,26-28,33-34H2,1-3H3,(H,57,64)(H,58,65)(H,59,68)(H,60,69)/t44?,45-,46-,49+,50+/m0/s1. The van der Waals surface area contributed by atoms with E-state index < -0.39 is 48.2 Å². The Kier molecular flexibility index (Phi) is 16.3. The third-order valence-corrected chi connectivity index (χ3v) is 13.7. The van der Waals surface area contributed by atoms with Gasteiger partial charge in [0.05, 0.1) is 31.3 Å². The number of carbonyl (C=O) groups is 6. The van der Waals surface area contributed by atoms with Gasteiger partial charge in [-0.3, -0.25) is 19.2 Å². The summed E-state index contributed by atoms with van der Waals surface area (Å²) in [6, 6.07) is 36.1. The third kappa shape index (κ3) is 11.4. The lowest BCUT2D eigenvalue weighted by molar-refractivity contribution is -0.138. The van der Waals surface area contributed by atoms with Gasteiger partial charge >= 0.3 is 12.2 Å². The first-order valence-electron chi connectivity index (χ1n) is 24.7. The molecule has 0 aliphatic carbocycles. The van der Waals surface area contributed by atoms with E-state index in [-0.39, 0.29) is 17.9 Å². The van der Waals surface area contributed by atoms with Gasteiger partial charge in [0.2, 0.25) is 11.8 Å². The number of aromatic nitrogens is 1. The number of nitrogens with zero attached hydrogens (tertiary/aromatic N) is 3. The average Bonchev–Trinajstić information content (AvgIpc) is 4.17. The number of rotatable bonds is 18. The van der Waals surface area contributed by atoms with Gasteiger partial charge in [0.1, 0.15) is 24.2 Å². The molecule has 71 heavy (non-hydrogen) atoms. The first kappa shape index (κ1) is 49.7. The number of unbranched alkanes of at least 4 members (excludes halogenated alkanes) is 4. The molecule has 370 valence electrons. The molecule has 5 aromatic carbocycles. The Morgan fingerprint density at radius 3 is 1.39 bits per heavy atom. The van der Waals surface area contributed by atoms with Crippen molar-refractivity contribution in [2.45, 2.75) is 101 Å². The second kappa shape index (κ2) is 23.3. The number of ether oxygens (including phenoxy) is 2. The molecular weight excluding hydrogens is 899 g/mol. The highest BCUT2D eigenvalue weighted by atomic mass is 16.5. The number of methoxy groups -OCH3 is 2. The van der Waals surface area contributed by atoms with Crippen molar-refractivity contribution in [2.24, 2.45) is 0 Å². The van der Waals surface area contributed by atoms with E-state index >= 15 is 0 Å². The van der Waals surface area contributed by atoms with Crippen LogP contribution in [0, 0.1) is 0 Å². The van der Waals surface area contributed by atoms with Crippen LogP contribution in [0.3, 0.4) is 0 Å². The number of likely N-dealkylation sites (tertiary alicyclic amines) is 2. The highest BCUT2D eigenvalue weighted by Crippen LogP contribution is 2.39. The summed E-state index contributed by atoms with van der Waals surface area (Å²) >= 11 is 0. The number of hydrogen-bond acceptors (Lipinski definition) is 8. The lowest BCUT2D eigenvalue weighted by Crippen LogP contribution is -2.48. The van der Waals surface area contributed by atoms with Gasteiger partial charge in [-0.05, 0) is 73.1 Å². The molecule has 6 amide bonds. The molecule has 2 aliphatic rings. The van der Waals surface area contributed by atoms with E-state index in [1.807, 2.05) is 66.7 Å². The molecule has 2 fully saturated rings. The van der Waals surface area contributed by atoms with Crippen LogP contribution in [0.2, 0.25) is 0 Å². The van der Waals surface area contributed by atoms with Crippen molar-refractivity contribution >= 4 is 69.0 Å². The molecule has 15 heteroatoms. The molecule has 0 radical (unpaired) electrons. The second-order valence-corrected chi connectivity index (χ2v) is 18.3. The molecule has 1 unspecified atom stereocenters. The van der Waals surface area contributed by atoms with Crippen LogP contribution in [-0.4, -0.2) is 89.6 Å². The Hall–Kier alpha value is -7.68. The number of nitrogens with one attached hydrogen (secondary N) is 4. The number of alkyl carbamates (subject to hydrolysis) is 2. The molecule has 6 aromatic rings. The Balaban J connectivity index is 1.12. The molecule has 0 bridgehead atoms. The summed E-state index contributed by atoms with van der Waals surface area (Å²) in [4.78, 5) is 85.0. The van der Waals surface area contributed by atoms with E-state index in [1.54, 1.807) is 58.3 Å². The van der Waals surface area contributed by atoms with E-state index in [0.717, 1.165) is 65.9 Å². The lowest BCUT2D eigenvalue weighted by atomic mass is 9.99. The van der Waals surface area contributed by atoms with Crippen molar-refractivity contribution in [1.29, 1.82) is 0 Å². The van der Waals surface area contributed by atoms with E-state index in [9.17, 15) is 28.8 Å². The first-order valence-corrected chi connectivity index (χ1v) is 24.7. The van der Waals surface area contributed by atoms with Gasteiger partial charge in [-0.15, -0.1) is 0 Å². The van der Waals surface area contributed by atoms with Gasteiger partial charge in [-0.25, -0.2) is 9.59 Å². The fourth-order valence-electron chi connectivity index (χ4n) is 10.2. The summed E-state index contributed by atoms with van der Waals surface area (Å²) in [5.41, 5.74) is 5.15. The van der Waals surface area contributed by atoms with E-state index in [1.165, 1.54) is 14.2 Å². The molecule has 2 saturated heterocycles. The van der Waals surface area contributed by atoms with Crippen LogP contribution in [0.1, 0.15) is 106 Å². The summed E-state index contributed by atoms with van der Waals surface area (Å²) in [5.74, 6) is -1.47. The van der Waals surface area contributed by atoms with Gasteiger partial charge in [-0.1, -0.05) is 142 Å². The Morgan fingerprint density at radius 1 is 0.549 bits per heavy atom. The predicted molar refractivity (Wildman–Crippen MR) is 274 cm³/mol. The minimum Gasteiger partial charge on any atom is -0.453 e. The summed E-state index contributed by atoms with van der Waals surface area (Å²) < 4.78 is 12.0. The van der Waals surface area contributed by atoms with Crippen LogP contribution in [0.15, 0.2) is 127 Å². The summed E-state index contributed by atoms with van der Waals surface area (Å²) in [6.45, 7) is 2.90. The zero-order chi connectivity index (χ0) is 49.9. The van der Waals surface area contributed by atoms with Crippen LogP contribution in [0.5, 0.6) is 0 Å². The van der Waals surface area contributed by atoms with Crippen molar-refractivity contribution in [3.8, 4) is 0 Å². The molecule has 3 heterocycles. The monoisotopic (exact) mass is 961 g/mol. The zero-order valence-corrected chi connectivity index (χ0v) is 40.6. The summed E-state index contributed by atoms with van der Waals surface area (Å²) in [7, 11) is 2.48. The SMILES string of the molecule is CCCCCCCC(c1ccccc1)n1c2cc(NC(=O)[C@@H]3CCCN3C(=O)[C@H](NC(=O)OC)c3ccccc3)ccc2c2ccc(NC(=O)[C@@H]3CCCN3C(=O)[C@H](NC(=O)OC)c3ccccc3)cc21. The highest BCUT2D eigenvalue weighted by Gasteiger charge is 2.40. The molecule has 1 aromatic heterocycles. The Bertz CT molecular complexity index is 2680. The largest absolute Gasteiger partial charge is 0.453 e. The predicted octanol–water partition coefficient (Wildman–Crippen LogP) is 9.80. The average molecular weight is 962 g/mol. The number of carbonyl (C=O) groups excluding carboxylic acids is 6. The number of amides is 6. The van der Waals surface area contributed by atoms with E-state index in [2.05, 4.69) is 44.9 Å². The van der Waals surface area contributed by atoms with Crippen LogP contribution in [0.25, 0.3) is 21.8 Å². The minimum absolute atomic E-state index is 0.116. The minimum atomic E-state index is -1.04. The lowest BCUT2D eigenvalue weighted by Gasteiger charge is -2.28. The van der Waals surface area contributed by atoms with Gasteiger partial charge in [0.15, 0.2) is 0 Å². The maximum Gasteiger partial charge on any atom is 0.407 e. The maximum absolute atomic E-state index is 14.3. The van der Waals surface area contributed by atoms with E-state index in [0.29, 0.717) is 61.3 Å². The smallest absolute Gasteiger partial charge is 0.407 e. The first-order chi connectivity index (χ1) is 34.6. The summed E-state index contributed by atoms with van der Waals surface area (Å²) in [6.07, 6.45) is 6.94. The molecule has 8 rings (SSSR count). The highest BCUT2D eigenvalue weighted by molar-refractivity contribution is 6.11. The van der Waals surface area contributed by atoms with Crippen LogP contribution in [-0.2, 0) is 28.7 Å². The van der Waals surface area contributed by atoms with E-state index in [4.69, 9.17) is 9.47 Å². The quantitative estimate of drug-likeness (QED) is 0.0615. The topological polar surface area (TPSA) is 180 Å². The van der Waals surface area contributed by atoms with Crippen LogP contribution < -0.4 is 21.3 Å². The zero-order valence-electron chi connectivity index (χ0n) is 40.6. The number of benzene rings is 5. The van der Waals surface area contributed by atoms with Crippen LogP contribution >= 0.6 is 0 Å². The van der Waals surface area contributed by atoms with Crippen molar-refractivity contribution < 1.29 is 38.2 Å². The second-order valence-electron chi connectivity index (χ2n) is 18.3. The molecule has 0 saturated carbocycles. The van der Waals surface area contributed by atoms with Gasteiger partial charge < -0.3 is 45.1 Å². The maximum atomic E-state index is 14.3. The van der Waals surface area contributed by atoms with Crippen molar-refractivity contribution in [1.82, 2.24) is 25.0 Å². The molecule has 0 spiro atoms. The van der Waals surface area contributed by atoms with Crippen molar-refractivity contribution in [2.75, 3.05) is 37.9 Å². The van der Waals surface area contributed by atoms with Crippen molar-refractivity contribution in [3.63, 3.8) is 0 Å². The molecule has 4 N–H and O–H groups in total. The number of hydrogen-bond donors (Lipinski definition) is 4. The fraction of sp³-hybridized carbons (Fsp3) is 0.357. The Morgan fingerprint density at radius 2 is 0.972 bits per heavy atom. The van der Waals surface area contributed by atoms with Gasteiger partial charge in [-0.2, -0.15) is 0 Å². The fourth-order valence-corrected chi connectivity index (χ4v) is 10.2. The molecule has 15 nitrogen and oxygen atoms in total. The number of anilines is 2. The van der Waals surface area contributed by atoms with Crippen molar-refractivity contribution in [3.05, 3.63) is 144 Å². The molecule has 5 atom stereocenters. The van der Waals surface area contributed by atoms with Gasteiger partial charge in [0.25, 0.3) is 11.8 Å². The third-order valence-electron chi connectivity index (χ3n) is 13.7. The number of fused-ring (bicyclic) bond motifs is 3.